The van der Waals surface area contributed by atoms with Gasteiger partial charge in [-0.25, -0.2) is 8.78 Å². The molecule has 1 N–H and O–H groups in total. The van der Waals surface area contributed by atoms with E-state index in [1.54, 1.807) is 0 Å². The van der Waals surface area contributed by atoms with Crippen LogP contribution in [0.5, 0.6) is 0 Å². The second-order valence-electron chi connectivity index (χ2n) is 4.25. The minimum atomic E-state index is -0.691. The molecule has 0 aliphatic heterocycles. The number of nitrogens with one attached hydrogen (secondary N) is 1. The third-order valence-corrected chi connectivity index (χ3v) is 3.20. The largest absolute Gasteiger partial charge is 0.343 e. The van der Waals surface area contributed by atoms with Gasteiger partial charge in [0.25, 0.3) is 0 Å². The molecule has 1 fully saturated rings. The minimum absolute atomic E-state index is 0.339. The van der Waals surface area contributed by atoms with Crippen LogP contribution in [0.2, 0.25) is 0 Å². The van der Waals surface area contributed by atoms with Gasteiger partial charge in [-0.15, -0.1) is 0 Å². The number of hydrogen-bond donors (Lipinski definition) is 1. The number of carbonyl (C=O) groups excluding carboxylic acids is 1. The fourth-order valence-electron chi connectivity index (χ4n) is 2.16. The first-order valence-corrected chi connectivity index (χ1v) is 5.47. The Morgan fingerprint density at radius 1 is 1.41 bits per heavy atom. The molecule has 1 aromatic rings. The summed E-state index contributed by atoms with van der Waals surface area (Å²) in [4.78, 5) is 11.3. The van der Waals surface area contributed by atoms with Crippen LogP contribution in [-0.4, -0.2) is 5.91 Å². The van der Waals surface area contributed by atoms with Crippen molar-refractivity contribution >= 4 is 5.91 Å². The van der Waals surface area contributed by atoms with Gasteiger partial charge in [0.1, 0.15) is 11.6 Å². The summed E-state index contributed by atoms with van der Waals surface area (Å²) in [7, 11) is 0. The van der Waals surface area contributed by atoms with Crippen LogP contribution in [0.4, 0.5) is 8.78 Å². The molecular formula is C13H13F2NO. The van der Waals surface area contributed by atoms with E-state index < -0.39 is 17.2 Å². The van der Waals surface area contributed by atoms with Crippen LogP contribution in [0.1, 0.15) is 24.8 Å². The van der Waals surface area contributed by atoms with Gasteiger partial charge >= 0.3 is 0 Å². The molecule has 1 amide bonds. The van der Waals surface area contributed by atoms with E-state index >= 15 is 0 Å². The van der Waals surface area contributed by atoms with E-state index in [0.717, 1.165) is 18.6 Å². The van der Waals surface area contributed by atoms with Crippen LogP contribution >= 0.6 is 0 Å². The average Bonchev–Trinajstić information content (AvgIpc) is 2.24. The maximum atomic E-state index is 13.7. The van der Waals surface area contributed by atoms with E-state index in [2.05, 4.69) is 11.9 Å². The highest BCUT2D eigenvalue weighted by molar-refractivity contribution is 5.87. The Morgan fingerprint density at radius 3 is 2.59 bits per heavy atom. The molecule has 0 unspecified atom stereocenters. The molecule has 1 aliphatic carbocycles. The fraction of sp³-hybridized carbons (Fsp3) is 0.308. The first-order chi connectivity index (χ1) is 8.07. The molecule has 0 atom stereocenters. The number of hydrogen-bond acceptors (Lipinski definition) is 1. The quantitative estimate of drug-likeness (QED) is 0.804. The number of halogens is 2. The van der Waals surface area contributed by atoms with Gasteiger partial charge in [-0.05, 0) is 31.4 Å². The molecule has 4 heteroatoms. The standard InChI is InChI=1S/C13H13F2NO/c1-2-12(17)16-13(6-3-7-13)10-5-4-9(14)8-11(10)15/h2,4-5,8H,1,3,6-7H2,(H,16,17). The zero-order valence-corrected chi connectivity index (χ0v) is 9.30. The van der Waals surface area contributed by atoms with Crippen molar-refractivity contribution in [2.45, 2.75) is 24.8 Å². The number of benzene rings is 1. The Bertz CT molecular complexity index is 466. The summed E-state index contributed by atoms with van der Waals surface area (Å²) in [6.07, 6.45) is 3.39. The molecule has 0 aromatic heterocycles. The molecule has 1 saturated carbocycles. The second-order valence-corrected chi connectivity index (χ2v) is 4.25. The molecule has 1 aliphatic rings. The first-order valence-electron chi connectivity index (χ1n) is 5.47. The zero-order valence-electron chi connectivity index (χ0n) is 9.30. The smallest absolute Gasteiger partial charge is 0.244 e. The molecule has 0 spiro atoms. The lowest BCUT2D eigenvalue weighted by molar-refractivity contribution is -0.119. The summed E-state index contributed by atoms with van der Waals surface area (Å²) in [5.41, 5.74) is -0.344. The Hall–Kier alpha value is -1.71. The van der Waals surface area contributed by atoms with E-state index in [1.165, 1.54) is 12.1 Å². The van der Waals surface area contributed by atoms with Gasteiger partial charge < -0.3 is 5.32 Å². The Morgan fingerprint density at radius 2 is 2.12 bits per heavy atom. The van der Waals surface area contributed by atoms with E-state index in [1.807, 2.05) is 0 Å². The predicted molar refractivity (Wildman–Crippen MR) is 60.2 cm³/mol. The lowest BCUT2D eigenvalue weighted by atomic mass is 9.71. The lowest BCUT2D eigenvalue weighted by Gasteiger charge is -2.43. The Balaban J connectivity index is 2.34. The van der Waals surface area contributed by atoms with E-state index in [4.69, 9.17) is 0 Å². The molecule has 0 saturated heterocycles. The SMILES string of the molecule is C=CC(=O)NC1(c2ccc(F)cc2F)CCC1. The number of rotatable bonds is 3. The average molecular weight is 237 g/mol. The van der Waals surface area contributed by atoms with Gasteiger partial charge in [0, 0.05) is 11.6 Å². The van der Waals surface area contributed by atoms with E-state index in [-0.39, 0.29) is 5.91 Å². The van der Waals surface area contributed by atoms with Crippen molar-refractivity contribution in [3.63, 3.8) is 0 Å². The van der Waals surface area contributed by atoms with Gasteiger partial charge in [0.05, 0.1) is 5.54 Å². The third-order valence-electron chi connectivity index (χ3n) is 3.20. The molecule has 0 heterocycles. The van der Waals surface area contributed by atoms with E-state index in [0.29, 0.717) is 18.4 Å². The normalized spacial score (nSPS) is 17.1. The number of amides is 1. The lowest BCUT2D eigenvalue weighted by Crippen LogP contribution is -2.50. The number of carbonyl (C=O) groups is 1. The highest BCUT2D eigenvalue weighted by atomic mass is 19.1. The van der Waals surface area contributed by atoms with Crippen molar-refractivity contribution in [1.82, 2.24) is 5.32 Å². The van der Waals surface area contributed by atoms with Crippen LogP contribution in [0.15, 0.2) is 30.9 Å². The summed E-state index contributed by atoms with van der Waals surface area (Å²) < 4.78 is 26.5. The summed E-state index contributed by atoms with van der Waals surface area (Å²) in [5, 5.41) is 2.74. The zero-order chi connectivity index (χ0) is 12.5. The van der Waals surface area contributed by atoms with Crippen LogP contribution in [0.25, 0.3) is 0 Å². The maximum absolute atomic E-state index is 13.7. The maximum Gasteiger partial charge on any atom is 0.244 e. The summed E-state index contributed by atoms with van der Waals surface area (Å²) in [6, 6.07) is 3.45. The first kappa shape index (κ1) is 11.8. The van der Waals surface area contributed by atoms with Crippen LogP contribution in [0.3, 0.4) is 0 Å². The topological polar surface area (TPSA) is 29.1 Å². The molecule has 90 valence electrons. The van der Waals surface area contributed by atoms with Gasteiger partial charge in [-0.2, -0.15) is 0 Å². The molecular weight excluding hydrogens is 224 g/mol. The van der Waals surface area contributed by atoms with Crippen LogP contribution in [0, 0.1) is 11.6 Å². The van der Waals surface area contributed by atoms with E-state index in [9.17, 15) is 13.6 Å². The molecule has 2 nitrogen and oxygen atoms in total. The highest BCUT2D eigenvalue weighted by Crippen LogP contribution is 2.42. The highest BCUT2D eigenvalue weighted by Gasteiger charge is 2.41. The summed E-state index contributed by atoms with van der Waals surface area (Å²) in [6.45, 7) is 3.37. The molecule has 1 aromatic carbocycles. The van der Waals surface area contributed by atoms with Crippen molar-refractivity contribution < 1.29 is 13.6 Å². The second kappa shape index (κ2) is 4.28. The van der Waals surface area contributed by atoms with Gasteiger partial charge in [0.15, 0.2) is 0 Å². The fourth-order valence-corrected chi connectivity index (χ4v) is 2.16. The van der Waals surface area contributed by atoms with Crippen molar-refractivity contribution in [1.29, 1.82) is 0 Å². The van der Waals surface area contributed by atoms with Gasteiger partial charge in [-0.1, -0.05) is 12.6 Å². The van der Waals surface area contributed by atoms with Crippen LogP contribution in [-0.2, 0) is 10.3 Å². The molecule has 0 bridgehead atoms. The van der Waals surface area contributed by atoms with Gasteiger partial charge in [0.2, 0.25) is 5.91 Å². The monoisotopic (exact) mass is 237 g/mol. The summed E-state index contributed by atoms with van der Waals surface area (Å²) >= 11 is 0. The molecule has 2 rings (SSSR count). The van der Waals surface area contributed by atoms with Crippen LogP contribution < -0.4 is 5.32 Å². The minimum Gasteiger partial charge on any atom is -0.343 e. The Kier molecular flexibility index (Phi) is 2.96. The third kappa shape index (κ3) is 2.07. The molecule has 0 radical (unpaired) electrons. The van der Waals surface area contributed by atoms with Crippen molar-refractivity contribution in [3.05, 3.63) is 48.1 Å². The summed E-state index contributed by atoms with van der Waals surface area (Å²) in [5.74, 6) is -1.57. The predicted octanol–water partition coefficient (Wildman–Crippen LogP) is 2.65. The van der Waals surface area contributed by atoms with Crippen molar-refractivity contribution in [2.24, 2.45) is 0 Å². The van der Waals surface area contributed by atoms with Crippen molar-refractivity contribution in [3.8, 4) is 0 Å². The van der Waals surface area contributed by atoms with Crippen molar-refractivity contribution in [2.75, 3.05) is 0 Å². The Labute approximate surface area is 98.3 Å². The molecule has 17 heavy (non-hydrogen) atoms. The van der Waals surface area contributed by atoms with Gasteiger partial charge in [-0.3, -0.25) is 4.79 Å².